The maximum absolute atomic E-state index is 14.2. The maximum atomic E-state index is 14.2. The fraction of sp³-hybridized carbons (Fsp3) is 0.0833. The Kier molecular flexibility index (Phi) is 6.97. The van der Waals surface area contributed by atoms with E-state index in [1.54, 1.807) is 18.4 Å². The summed E-state index contributed by atoms with van der Waals surface area (Å²) in [7, 11) is 0. The molecule has 11 heteroatoms. The number of aryl methyl sites for hydroxylation is 1. The molecule has 0 saturated heterocycles. The van der Waals surface area contributed by atoms with E-state index in [9.17, 15) is 23.2 Å². The lowest BCUT2D eigenvalue weighted by Gasteiger charge is -2.09. The smallest absolute Gasteiger partial charge is 0.260 e. The number of halogens is 2. The molecule has 2 aromatic heterocycles. The van der Waals surface area contributed by atoms with Crippen LogP contribution in [-0.4, -0.2) is 22.7 Å². The summed E-state index contributed by atoms with van der Waals surface area (Å²) in [5.74, 6) is -2.59. The van der Waals surface area contributed by atoms with Crippen molar-refractivity contribution in [2.24, 2.45) is 0 Å². The van der Waals surface area contributed by atoms with Gasteiger partial charge in [0.15, 0.2) is 5.13 Å². The average molecular weight is 496 g/mol. The fourth-order valence-electron chi connectivity index (χ4n) is 3.13. The van der Waals surface area contributed by atoms with Crippen LogP contribution in [0.2, 0.25) is 0 Å². The summed E-state index contributed by atoms with van der Waals surface area (Å²) in [4.78, 5) is 41.2. The summed E-state index contributed by atoms with van der Waals surface area (Å²) in [5, 5.41) is 9.36. The number of carbonyl (C=O) groups is 3. The first-order chi connectivity index (χ1) is 16.8. The number of thiazole rings is 1. The maximum Gasteiger partial charge on any atom is 0.260 e. The zero-order valence-electron chi connectivity index (χ0n) is 18.2. The van der Waals surface area contributed by atoms with Gasteiger partial charge in [0.1, 0.15) is 17.4 Å². The third-order valence-electron chi connectivity index (χ3n) is 4.83. The van der Waals surface area contributed by atoms with Crippen molar-refractivity contribution in [3.8, 4) is 0 Å². The van der Waals surface area contributed by atoms with Crippen molar-refractivity contribution in [2.45, 2.75) is 13.3 Å². The second-order valence-electron chi connectivity index (χ2n) is 7.34. The molecule has 0 aliphatic heterocycles. The highest BCUT2D eigenvalue weighted by Gasteiger charge is 2.16. The number of rotatable bonds is 7. The molecule has 0 bridgehead atoms. The van der Waals surface area contributed by atoms with E-state index in [-0.39, 0.29) is 34.1 Å². The number of nitrogens with one attached hydrogen (secondary N) is 3. The van der Waals surface area contributed by atoms with Gasteiger partial charge in [-0.1, -0.05) is 12.1 Å². The lowest BCUT2D eigenvalue weighted by molar-refractivity contribution is -0.115. The Balaban J connectivity index is 1.37. The monoisotopic (exact) mass is 496 g/mol. The summed E-state index contributed by atoms with van der Waals surface area (Å²) >= 11 is 1.09. The van der Waals surface area contributed by atoms with Gasteiger partial charge in [0.05, 0.1) is 35.2 Å². The Morgan fingerprint density at radius 2 is 1.71 bits per heavy atom. The molecular formula is C24H18F2N4O4S. The van der Waals surface area contributed by atoms with Crippen molar-refractivity contribution in [1.29, 1.82) is 0 Å². The van der Waals surface area contributed by atoms with Crippen molar-refractivity contribution in [2.75, 3.05) is 16.0 Å². The minimum atomic E-state index is -0.674. The third-order valence-corrected chi connectivity index (χ3v) is 5.64. The highest BCUT2D eigenvalue weighted by molar-refractivity contribution is 7.14. The molecule has 0 radical (unpaired) electrons. The Morgan fingerprint density at radius 1 is 0.943 bits per heavy atom. The van der Waals surface area contributed by atoms with Gasteiger partial charge < -0.3 is 15.1 Å². The molecule has 3 amide bonds. The number of hydrogen-bond donors (Lipinski definition) is 3. The summed E-state index contributed by atoms with van der Waals surface area (Å²) in [6, 6.07) is 10.8. The molecule has 35 heavy (non-hydrogen) atoms. The Hall–Kier alpha value is -4.38. The second-order valence-corrected chi connectivity index (χ2v) is 8.20. The number of carbonyl (C=O) groups excluding carboxylic acids is 3. The van der Waals surface area contributed by atoms with Gasteiger partial charge in [-0.2, -0.15) is 0 Å². The van der Waals surface area contributed by atoms with E-state index in [0.29, 0.717) is 11.5 Å². The molecule has 178 valence electrons. The van der Waals surface area contributed by atoms with Gasteiger partial charge in [-0.25, -0.2) is 13.8 Å². The van der Waals surface area contributed by atoms with E-state index < -0.39 is 29.4 Å². The van der Waals surface area contributed by atoms with E-state index in [2.05, 4.69) is 20.9 Å². The molecule has 0 fully saturated rings. The van der Waals surface area contributed by atoms with E-state index in [4.69, 9.17) is 4.42 Å². The van der Waals surface area contributed by atoms with Crippen LogP contribution in [0.4, 0.5) is 25.3 Å². The number of amides is 3. The van der Waals surface area contributed by atoms with Crippen LogP contribution in [0.15, 0.2) is 64.6 Å². The second kappa shape index (κ2) is 10.3. The number of nitrogens with zero attached hydrogens (tertiary/aromatic N) is 1. The van der Waals surface area contributed by atoms with Crippen molar-refractivity contribution in [1.82, 2.24) is 4.98 Å². The summed E-state index contributed by atoms with van der Waals surface area (Å²) in [6.45, 7) is 1.61. The molecule has 0 spiro atoms. The van der Waals surface area contributed by atoms with Crippen molar-refractivity contribution >= 4 is 45.6 Å². The predicted octanol–water partition coefficient (Wildman–Crippen LogP) is 5.01. The lowest BCUT2D eigenvalue weighted by Crippen LogP contribution is -2.17. The first-order valence-electron chi connectivity index (χ1n) is 10.3. The molecule has 3 N–H and O–H groups in total. The van der Waals surface area contributed by atoms with Crippen molar-refractivity contribution in [3.63, 3.8) is 0 Å². The quantitative estimate of drug-likeness (QED) is 0.333. The molecule has 4 aromatic rings. The molecule has 2 aromatic carbocycles. The fourth-order valence-corrected chi connectivity index (χ4v) is 3.84. The zero-order chi connectivity index (χ0) is 24.9. The van der Waals surface area contributed by atoms with Crippen molar-refractivity contribution < 1.29 is 27.6 Å². The van der Waals surface area contributed by atoms with Gasteiger partial charge in [0, 0.05) is 11.1 Å². The first kappa shape index (κ1) is 23.8. The third kappa shape index (κ3) is 5.76. The molecule has 0 saturated carbocycles. The summed E-state index contributed by atoms with van der Waals surface area (Å²) < 4.78 is 33.0. The number of benzene rings is 2. The Labute approximate surface area is 202 Å². The van der Waals surface area contributed by atoms with Crippen LogP contribution >= 0.6 is 11.3 Å². The topological polar surface area (TPSA) is 113 Å². The highest BCUT2D eigenvalue weighted by Crippen LogP contribution is 2.22. The molecule has 8 nitrogen and oxygen atoms in total. The van der Waals surface area contributed by atoms with Crippen LogP contribution in [0, 0.1) is 18.6 Å². The van der Waals surface area contributed by atoms with Crippen LogP contribution in [-0.2, 0) is 11.2 Å². The largest absolute Gasteiger partial charge is 0.469 e. The van der Waals surface area contributed by atoms with Crippen LogP contribution in [0.3, 0.4) is 0 Å². The zero-order valence-corrected chi connectivity index (χ0v) is 19.0. The molecular weight excluding hydrogens is 478 g/mol. The van der Waals surface area contributed by atoms with Gasteiger partial charge in [-0.05, 0) is 43.3 Å². The SMILES string of the molecule is Cc1occc1C(=O)Nc1cc(NC(=O)Cc2csc(NC(=O)c3ccccc3F)n2)ccc1F. The lowest BCUT2D eigenvalue weighted by atomic mass is 10.2. The number of aromatic nitrogens is 1. The van der Waals surface area contributed by atoms with E-state index in [1.165, 1.54) is 42.7 Å². The molecule has 0 unspecified atom stereocenters. The highest BCUT2D eigenvalue weighted by atomic mass is 32.1. The number of furan rings is 1. The first-order valence-corrected chi connectivity index (χ1v) is 11.1. The Morgan fingerprint density at radius 3 is 2.46 bits per heavy atom. The van der Waals surface area contributed by atoms with Crippen LogP contribution < -0.4 is 16.0 Å². The van der Waals surface area contributed by atoms with Crippen LogP contribution in [0.1, 0.15) is 32.2 Å². The normalized spacial score (nSPS) is 10.6. The molecule has 4 rings (SSSR count). The van der Waals surface area contributed by atoms with Gasteiger partial charge in [-0.3, -0.25) is 19.7 Å². The van der Waals surface area contributed by atoms with Crippen LogP contribution in [0.5, 0.6) is 0 Å². The van der Waals surface area contributed by atoms with Gasteiger partial charge >= 0.3 is 0 Å². The summed E-state index contributed by atoms with van der Waals surface area (Å²) in [6.07, 6.45) is 1.23. The summed E-state index contributed by atoms with van der Waals surface area (Å²) in [5.41, 5.74) is 0.672. The standard InChI is InChI=1S/C24H18F2N4O4S/c1-13-16(8-9-34-13)22(32)29-20-10-14(6-7-19(20)26)27-21(31)11-15-12-35-24(28-15)30-23(33)17-4-2-3-5-18(17)25/h2-10,12H,11H2,1H3,(H,27,31)(H,29,32)(H,28,30,33). The molecule has 0 atom stereocenters. The molecule has 0 aliphatic rings. The van der Waals surface area contributed by atoms with Gasteiger partial charge in [0.25, 0.3) is 11.8 Å². The minimum absolute atomic E-state index is 0.111. The number of hydrogen-bond acceptors (Lipinski definition) is 6. The molecule has 0 aliphatic carbocycles. The predicted molar refractivity (Wildman–Crippen MR) is 127 cm³/mol. The Bertz CT molecular complexity index is 1420. The van der Waals surface area contributed by atoms with E-state index in [1.807, 2.05) is 0 Å². The number of anilines is 3. The average Bonchev–Trinajstić information content (AvgIpc) is 3.44. The molecule has 2 heterocycles. The van der Waals surface area contributed by atoms with E-state index >= 15 is 0 Å². The van der Waals surface area contributed by atoms with E-state index in [0.717, 1.165) is 17.4 Å². The minimum Gasteiger partial charge on any atom is -0.469 e. The van der Waals surface area contributed by atoms with Gasteiger partial charge in [-0.15, -0.1) is 11.3 Å². The van der Waals surface area contributed by atoms with Crippen molar-refractivity contribution in [3.05, 3.63) is 94.4 Å². The van der Waals surface area contributed by atoms with Gasteiger partial charge in [0.2, 0.25) is 5.91 Å². The van der Waals surface area contributed by atoms with Crippen LogP contribution in [0.25, 0.3) is 0 Å².